The number of nitrogens with one attached hydrogen (secondary N) is 4. The van der Waals surface area contributed by atoms with E-state index >= 15 is 0 Å². The standard InChI is InChI=1S/C20H25N5O2.2ClH/c26-19(17-4-2-8-22-14-17)23-13-16-3-1-5-18(11-16)25-20(27)24-12-15-6-9-21-10-7-15;;/h1,3,5-7,9-11,17,22H,2,4,8,12-14H2,(H,23,26)(H2,24,25,27);2*1H. The lowest BCUT2D eigenvalue weighted by atomic mass is 9.99. The van der Waals surface area contributed by atoms with Crippen LogP contribution in [0.4, 0.5) is 10.5 Å². The van der Waals surface area contributed by atoms with Gasteiger partial charge in [0.15, 0.2) is 0 Å². The Bertz CT molecular complexity index is 770. The molecule has 4 N–H and O–H groups in total. The lowest BCUT2D eigenvalue weighted by Gasteiger charge is -2.21. The second-order valence-electron chi connectivity index (χ2n) is 6.62. The molecule has 3 rings (SSSR count). The lowest BCUT2D eigenvalue weighted by molar-refractivity contribution is -0.125. The number of benzene rings is 1. The van der Waals surface area contributed by atoms with Gasteiger partial charge < -0.3 is 21.3 Å². The van der Waals surface area contributed by atoms with Crippen LogP contribution in [-0.2, 0) is 17.9 Å². The van der Waals surface area contributed by atoms with Crippen molar-refractivity contribution in [1.82, 2.24) is 20.9 Å². The van der Waals surface area contributed by atoms with E-state index in [1.54, 1.807) is 12.4 Å². The third-order valence-corrected chi connectivity index (χ3v) is 4.52. The van der Waals surface area contributed by atoms with E-state index in [4.69, 9.17) is 0 Å². The molecule has 158 valence electrons. The summed E-state index contributed by atoms with van der Waals surface area (Å²) in [5.41, 5.74) is 2.61. The summed E-state index contributed by atoms with van der Waals surface area (Å²) in [5, 5.41) is 11.9. The first-order chi connectivity index (χ1) is 13.2. The van der Waals surface area contributed by atoms with E-state index in [1.807, 2.05) is 36.4 Å². The molecule has 1 aromatic carbocycles. The maximum atomic E-state index is 12.2. The number of pyridine rings is 1. The van der Waals surface area contributed by atoms with Crippen LogP contribution in [0.1, 0.15) is 24.0 Å². The van der Waals surface area contributed by atoms with Gasteiger partial charge in [-0.2, -0.15) is 0 Å². The van der Waals surface area contributed by atoms with Crippen molar-refractivity contribution in [1.29, 1.82) is 0 Å². The summed E-state index contributed by atoms with van der Waals surface area (Å²) in [5.74, 6) is 0.120. The number of urea groups is 1. The number of carbonyl (C=O) groups is 2. The van der Waals surface area contributed by atoms with Gasteiger partial charge in [0.25, 0.3) is 0 Å². The van der Waals surface area contributed by atoms with Crippen LogP contribution in [0.2, 0.25) is 0 Å². The summed E-state index contributed by atoms with van der Waals surface area (Å²) < 4.78 is 0. The highest BCUT2D eigenvalue weighted by molar-refractivity contribution is 5.89. The molecule has 0 radical (unpaired) electrons. The molecule has 1 fully saturated rings. The highest BCUT2D eigenvalue weighted by atomic mass is 35.5. The Morgan fingerprint density at radius 3 is 2.52 bits per heavy atom. The number of rotatable bonds is 6. The number of aromatic nitrogens is 1. The van der Waals surface area contributed by atoms with Gasteiger partial charge in [-0.3, -0.25) is 9.78 Å². The molecular weight excluding hydrogens is 413 g/mol. The highest BCUT2D eigenvalue weighted by Gasteiger charge is 2.20. The predicted octanol–water partition coefficient (Wildman–Crippen LogP) is 2.86. The van der Waals surface area contributed by atoms with Gasteiger partial charge in [-0.05, 0) is 54.8 Å². The average molecular weight is 440 g/mol. The van der Waals surface area contributed by atoms with Gasteiger partial charge in [0.05, 0.1) is 5.92 Å². The van der Waals surface area contributed by atoms with Gasteiger partial charge in [0.1, 0.15) is 0 Å². The minimum absolute atomic E-state index is 0. The van der Waals surface area contributed by atoms with Crippen molar-refractivity contribution < 1.29 is 9.59 Å². The Morgan fingerprint density at radius 1 is 1.03 bits per heavy atom. The van der Waals surface area contributed by atoms with Crippen molar-refractivity contribution in [3.63, 3.8) is 0 Å². The van der Waals surface area contributed by atoms with Gasteiger partial charge in [0, 0.05) is 37.7 Å². The van der Waals surface area contributed by atoms with Crippen molar-refractivity contribution in [2.24, 2.45) is 5.92 Å². The smallest absolute Gasteiger partial charge is 0.319 e. The fraction of sp³-hybridized carbons (Fsp3) is 0.350. The summed E-state index contributed by atoms with van der Waals surface area (Å²) in [7, 11) is 0. The molecule has 2 aromatic rings. The maximum Gasteiger partial charge on any atom is 0.319 e. The number of piperidine rings is 1. The predicted molar refractivity (Wildman–Crippen MR) is 118 cm³/mol. The van der Waals surface area contributed by atoms with E-state index in [1.165, 1.54) is 0 Å². The number of carbonyl (C=O) groups excluding carboxylic acids is 2. The van der Waals surface area contributed by atoms with Crippen molar-refractivity contribution in [3.05, 3.63) is 59.9 Å². The van der Waals surface area contributed by atoms with E-state index in [-0.39, 0.29) is 42.7 Å². The Labute approximate surface area is 183 Å². The molecule has 1 atom stereocenters. The van der Waals surface area contributed by atoms with Gasteiger partial charge in [-0.25, -0.2) is 4.79 Å². The van der Waals surface area contributed by atoms with E-state index in [2.05, 4.69) is 26.3 Å². The van der Waals surface area contributed by atoms with Crippen LogP contribution in [0.15, 0.2) is 48.8 Å². The maximum absolute atomic E-state index is 12.2. The number of amides is 3. The lowest BCUT2D eigenvalue weighted by Crippen LogP contribution is -2.40. The first kappa shape index (κ1) is 24.7. The second-order valence-corrected chi connectivity index (χ2v) is 6.62. The third-order valence-electron chi connectivity index (χ3n) is 4.52. The largest absolute Gasteiger partial charge is 0.352 e. The topological polar surface area (TPSA) is 95.2 Å². The van der Waals surface area contributed by atoms with E-state index in [0.717, 1.165) is 37.1 Å². The van der Waals surface area contributed by atoms with Gasteiger partial charge >= 0.3 is 6.03 Å². The fourth-order valence-electron chi connectivity index (χ4n) is 3.03. The van der Waals surface area contributed by atoms with Crippen LogP contribution in [0.3, 0.4) is 0 Å². The molecule has 1 saturated heterocycles. The van der Waals surface area contributed by atoms with Crippen LogP contribution >= 0.6 is 24.8 Å². The molecule has 1 aliphatic heterocycles. The molecule has 9 heteroatoms. The van der Waals surface area contributed by atoms with Crippen molar-refractivity contribution in [3.8, 4) is 0 Å². The normalized spacial score (nSPS) is 15.2. The van der Waals surface area contributed by atoms with Crippen LogP contribution in [-0.4, -0.2) is 30.0 Å². The first-order valence-electron chi connectivity index (χ1n) is 9.22. The molecule has 1 aliphatic rings. The minimum Gasteiger partial charge on any atom is -0.352 e. The molecular formula is C20H27Cl2N5O2. The number of hydrogen-bond donors (Lipinski definition) is 4. The van der Waals surface area contributed by atoms with Crippen molar-refractivity contribution in [2.75, 3.05) is 18.4 Å². The summed E-state index contributed by atoms with van der Waals surface area (Å²) in [6.07, 6.45) is 5.34. The second kappa shape index (κ2) is 13.0. The quantitative estimate of drug-likeness (QED) is 0.556. The van der Waals surface area contributed by atoms with Crippen LogP contribution in [0.5, 0.6) is 0 Å². The average Bonchev–Trinajstić information content (AvgIpc) is 2.72. The molecule has 1 aromatic heterocycles. The number of nitrogens with zero attached hydrogens (tertiary/aromatic N) is 1. The monoisotopic (exact) mass is 439 g/mol. The Morgan fingerprint density at radius 2 is 1.79 bits per heavy atom. The van der Waals surface area contributed by atoms with Crippen LogP contribution in [0, 0.1) is 5.92 Å². The highest BCUT2D eigenvalue weighted by Crippen LogP contribution is 2.13. The first-order valence-corrected chi connectivity index (χ1v) is 9.22. The Balaban J connectivity index is 0.00000210. The zero-order valence-electron chi connectivity index (χ0n) is 16.0. The summed E-state index contributed by atoms with van der Waals surface area (Å²) in [4.78, 5) is 28.2. The molecule has 0 aliphatic carbocycles. The number of halogens is 2. The molecule has 7 nitrogen and oxygen atoms in total. The van der Waals surface area contributed by atoms with Gasteiger partial charge in [-0.1, -0.05) is 12.1 Å². The van der Waals surface area contributed by atoms with Crippen LogP contribution in [0.25, 0.3) is 0 Å². The number of hydrogen-bond acceptors (Lipinski definition) is 4. The van der Waals surface area contributed by atoms with Gasteiger partial charge in [0.2, 0.25) is 5.91 Å². The van der Waals surface area contributed by atoms with Gasteiger partial charge in [-0.15, -0.1) is 24.8 Å². The molecule has 29 heavy (non-hydrogen) atoms. The van der Waals surface area contributed by atoms with Crippen molar-refractivity contribution >= 4 is 42.4 Å². The summed E-state index contributed by atoms with van der Waals surface area (Å²) in [6, 6.07) is 10.9. The third kappa shape index (κ3) is 8.27. The molecule has 0 bridgehead atoms. The van der Waals surface area contributed by atoms with Crippen molar-refractivity contribution in [2.45, 2.75) is 25.9 Å². The van der Waals surface area contributed by atoms with E-state index in [9.17, 15) is 9.59 Å². The minimum atomic E-state index is -0.277. The van der Waals surface area contributed by atoms with E-state index in [0.29, 0.717) is 18.8 Å². The molecule has 0 spiro atoms. The molecule has 3 amide bonds. The molecule has 2 heterocycles. The zero-order chi connectivity index (χ0) is 18.9. The Hall–Kier alpha value is -2.35. The Kier molecular flexibility index (Phi) is 11.1. The summed E-state index contributed by atoms with van der Waals surface area (Å²) >= 11 is 0. The summed E-state index contributed by atoms with van der Waals surface area (Å²) in [6.45, 7) is 2.61. The fourth-order valence-corrected chi connectivity index (χ4v) is 3.03. The van der Waals surface area contributed by atoms with E-state index < -0.39 is 0 Å². The van der Waals surface area contributed by atoms with Crippen LogP contribution < -0.4 is 21.3 Å². The molecule has 0 saturated carbocycles. The zero-order valence-corrected chi connectivity index (χ0v) is 17.7. The number of anilines is 1. The SMILES string of the molecule is Cl.Cl.O=C(NCc1ccncc1)Nc1cccc(CNC(=O)C2CCCNC2)c1. The molecule has 1 unspecified atom stereocenters.